The third-order valence-electron chi connectivity index (χ3n) is 6.22. The molecule has 0 aromatic rings. The number of amides is 1. The zero-order chi connectivity index (χ0) is 18.7. The Kier molecular flexibility index (Phi) is 7.25. The number of thioether (sulfide) groups is 1. The highest BCUT2D eigenvalue weighted by molar-refractivity contribution is 8.00. The van der Waals surface area contributed by atoms with Crippen LogP contribution in [-0.4, -0.2) is 53.4 Å². The maximum absolute atomic E-state index is 12.8. The van der Waals surface area contributed by atoms with Crippen molar-refractivity contribution in [2.75, 3.05) is 13.7 Å². The summed E-state index contributed by atoms with van der Waals surface area (Å²) in [6, 6.07) is 0.768. The largest absolute Gasteiger partial charge is 0.352 e. The lowest BCUT2D eigenvalue weighted by Gasteiger charge is -2.37. The van der Waals surface area contributed by atoms with Crippen LogP contribution >= 0.6 is 11.8 Å². The van der Waals surface area contributed by atoms with Crippen LogP contribution in [0.25, 0.3) is 0 Å². The molecule has 0 spiro atoms. The Hall–Kier alpha value is -0.340. The van der Waals surface area contributed by atoms with Crippen LogP contribution in [0, 0.1) is 11.8 Å². The molecule has 3 aliphatic rings. The first kappa shape index (κ1) is 20.4. The van der Waals surface area contributed by atoms with Crippen LogP contribution < -0.4 is 21.5 Å². The van der Waals surface area contributed by atoms with E-state index in [0.29, 0.717) is 34.7 Å². The molecule has 0 bridgehead atoms. The van der Waals surface area contributed by atoms with Crippen molar-refractivity contribution in [3.8, 4) is 0 Å². The summed E-state index contributed by atoms with van der Waals surface area (Å²) in [5.41, 5.74) is 6.87. The van der Waals surface area contributed by atoms with Gasteiger partial charge in [-0.05, 0) is 57.9 Å². The highest BCUT2D eigenvalue weighted by Crippen LogP contribution is 2.35. The van der Waals surface area contributed by atoms with Crippen LogP contribution in [0.4, 0.5) is 0 Å². The number of carbonyl (C=O) groups is 1. The van der Waals surface area contributed by atoms with Crippen molar-refractivity contribution >= 4 is 17.7 Å². The molecule has 2 aliphatic heterocycles. The molecule has 0 aromatic carbocycles. The second kappa shape index (κ2) is 9.24. The lowest BCUT2D eigenvalue weighted by atomic mass is 9.83. The Morgan fingerprint density at radius 1 is 1.23 bits per heavy atom. The molecule has 4 N–H and O–H groups in total. The number of nitrogens with zero attached hydrogens (tertiary/aromatic N) is 1. The average Bonchev–Trinajstić information content (AvgIpc) is 2.99. The van der Waals surface area contributed by atoms with Crippen LogP contribution in [0.1, 0.15) is 59.3 Å². The van der Waals surface area contributed by atoms with Gasteiger partial charge in [-0.2, -0.15) is 0 Å². The van der Waals surface area contributed by atoms with Gasteiger partial charge in [0.25, 0.3) is 0 Å². The summed E-state index contributed by atoms with van der Waals surface area (Å²) in [6.07, 6.45) is 6.87. The summed E-state index contributed by atoms with van der Waals surface area (Å²) in [4.78, 5) is 15.0. The van der Waals surface area contributed by atoms with Crippen molar-refractivity contribution in [1.82, 2.24) is 26.4 Å². The molecular weight excluding hydrogens is 346 g/mol. The molecule has 7 heteroatoms. The van der Waals surface area contributed by atoms with E-state index < -0.39 is 0 Å². The van der Waals surface area contributed by atoms with Crippen LogP contribution in [0.2, 0.25) is 0 Å². The molecule has 3 rings (SSSR count). The van der Waals surface area contributed by atoms with E-state index in [1.54, 1.807) is 0 Å². The van der Waals surface area contributed by atoms with E-state index in [9.17, 15) is 4.79 Å². The van der Waals surface area contributed by atoms with Gasteiger partial charge in [-0.25, -0.2) is 10.9 Å². The van der Waals surface area contributed by atoms with Crippen molar-refractivity contribution in [1.29, 1.82) is 0 Å². The molecule has 2 saturated heterocycles. The fraction of sp³-hybridized carbons (Fsp3) is 0.947. The first-order chi connectivity index (χ1) is 12.4. The third kappa shape index (κ3) is 5.35. The molecule has 150 valence electrons. The highest BCUT2D eigenvalue weighted by atomic mass is 32.2. The highest BCUT2D eigenvalue weighted by Gasteiger charge is 2.33. The van der Waals surface area contributed by atoms with E-state index in [1.165, 1.54) is 19.3 Å². The van der Waals surface area contributed by atoms with Gasteiger partial charge in [0.1, 0.15) is 5.50 Å². The Morgan fingerprint density at radius 3 is 2.73 bits per heavy atom. The predicted octanol–water partition coefficient (Wildman–Crippen LogP) is 1.84. The SMILES string of the molecule is CC1CC(C)NC(C(=O)NC2CCCC([C@H](C)SC3NNCN3C)C2)C1. The van der Waals surface area contributed by atoms with Gasteiger partial charge >= 0.3 is 0 Å². The Morgan fingerprint density at radius 2 is 2.04 bits per heavy atom. The van der Waals surface area contributed by atoms with Gasteiger partial charge in [0.15, 0.2) is 0 Å². The third-order valence-corrected chi connectivity index (χ3v) is 7.77. The molecule has 3 fully saturated rings. The maximum atomic E-state index is 12.8. The van der Waals surface area contributed by atoms with E-state index in [0.717, 1.165) is 25.9 Å². The molecule has 1 aliphatic carbocycles. The molecule has 7 atom stereocenters. The van der Waals surface area contributed by atoms with E-state index in [4.69, 9.17) is 0 Å². The van der Waals surface area contributed by atoms with E-state index in [-0.39, 0.29) is 11.9 Å². The lowest BCUT2D eigenvalue weighted by molar-refractivity contribution is -0.125. The molecule has 1 amide bonds. The van der Waals surface area contributed by atoms with Gasteiger partial charge in [-0.3, -0.25) is 9.69 Å². The smallest absolute Gasteiger partial charge is 0.237 e. The second-order valence-electron chi connectivity index (χ2n) is 8.76. The summed E-state index contributed by atoms with van der Waals surface area (Å²) in [6.45, 7) is 7.68. The van der Waals surface area contributed by atoms with Gasteiger partial charge in [0.05, 0.1) is 12.7 Å². The zero-order valence-corrected chi connectivity index (χ0v) is 17.6. The Balaban J connectivity index is 1.47. The van der Waals surface area contributed by atoms with Gasteiger partial charge < -0.3 is 10.6 Å². The monoisotopic (exact) mass is 383 g/mol. The molecule has 26 heavy (non-hydrogen) atoms. The van der Waals surface area contributed by atoms with Crippen molar-refractivity contribution in [2.24, 2.45) is 11.8 Å². The minimum absolute atomic E-state index is 0.0108. The van der Waals surface area contributed by atoms with Crippen LogP contribution in [0.3, 0.4) is 0 Å². The standard InChI is InChI=1S/C19H37N5OS/c1-12-8-13(2)21-17(9-12)18(25)22-16-7-5-6-15(10-16)14(3)26-19-23-20-11-24(19)4/h12-17,19-21,23H,5-11H2,1-4H3,(H,22,25)/t12?,13?,14-,15?,16?,17?,19?/m0/s1. The fourth-order valence-electron chi connectivity index (χ4n) is 4.75. The quantitative estimate of drug-likeness (QED) is 0.581. The number of hydrogen-bond acceptors (Lipinski definition) is 6. The Bertz CT molecular complexity index is 469. The summed E-state index contributed by atoms with van der Waals surface area (Å²) < 4.78 is 0. The number of nitrogens with one attached hydrogen (secondary N) is 4. The summed E-state index contributed by atoms with van der Waals surface area (Å²) in [5.74, 6) is 1.52. The summed E-state index contributed by atoms with van der Waals surface area (Å²) >= 11 is 2.00. The van der Waals surface area contributed by atoms with E-state index in [1.807, 2.05) is 11.8 Å². The maximum Gasteiger partial charge on any atom is 0.237 e. The molecular formula is C19H37N5OS. The molecule has 0 aromatic heterocycles. The van der Waals surface area contributed by atoms with Crippen LogP contribution in [-0.2, 0) is 4.79 Å². The molecule has 0 radical (unpaired) electrons. The first-order valence-corrected chi connectivity index (χ1v) is 11.3. The van der Waals surface area contributed by atoms with Crippen molar-refractivity contribution in [3.05, 3.63) is 0 Å². The molecule has 1 saturated carbocycles. The van der Waals surface area contributed by atoms with Crippen molar-refractivity contribution < 1.29 is 4.79 Å². The fourth-order valence-corrected chi connectivity index (χ4v) is 6.06. The van der Waals surface area contributed by atoms with E-state index >= 15 is 0 Å². The van der Waals surface area contributed by atoms with Gasteiger partial charge in [-0.1, -0.05) is 20.3 Å². The van der Waals surface area contributed by atoms with Gasteiger partial charge in [0, 0.05) is 17.3 Å². The number of hydrogen-bond donors (Lipinski definition) is 4. The predicted molar refractivity (Wildman–Crippen MR) is 108 cm³/mol. The Labute approximate surface area is 163 Å². The molecule has 2 heterocycles. The van der Waals surface area contributed by atoms with Gasteiger partial charge in [0.2, 0.25) is 5.91 Å². The minimum Gasteiger partial charge on any atom is -0.352 e. The molecule has 6 unspecified atom stereocenters. The number of carbonyl (C=O) groups excluding carboxylic acids is 1. The van der Waals surface area contributed by atoms with Crippen LogP contribution in [0.15, 0.2) is 0 Å². The summed E-state index contributed by atoms with van der Waals surface area (Å²) in [7, 11) is 2.14. The van der Waals surface area contributed by atoms with E-state index in [2.05, 4.69) is 54.2 Å². The van der Waals surface area contributed by atoms with Gasteiger partial charge in [-0.15, -0.1) is 11.8 Å². The van der Waals surface area contributed by atoms with Crippen LogP contribution in [0.5, 0.6) is 0 Å². The second-order valence-corrected chi connectivity index (χ2v) is 10.2. The zero-order valence-electron chi connectivity index (χ0n) is 16.8. The molecule has 6 nitrogen and oxygen atoms in total. The lowest BCUT2D eigenvalue weighted by Crippen LogP contribution is -2.54. The topological polar surface area (TPSA) is 68.4 Å². The average molecular weight is 384 g/mol. The summed E-state index contributed by atoms with van der Waals surface area (Å²) in [5, 5.41) is 7.44. The van der Waals surface area contributed by atoms with Crippen molar-refractivity contribution in [2.45, 2.75) is 88.2 Å². The number of hydrazine groups is 1. The number of rotatable bonds is 5. The first-order valence-electron chi connectivity index (χ1n) is 10.3. The minimum atomic E-state index is -0.0108. The normalized spacial score (nSPS) is 40.3. The van der Waals surface area contributed by atoms with Crippen molar-refractivity contribution in [3.63, 3.8) is 0 Å². The number of piperidine rings is 1.